The lowest BCUT2D eigenvalue weighted by atomic mass is 9.85. The normalized spacial score (nSPS) is 22.9. The summed E-state index contributed by atoms with van der Waals surface area (Å²) in [6.45, 7) is 3.22. The molecular formula is C25H32F6N2O2. The molecule has 0 spiro atoms. The first kappa shape index (κ1) is 27.3. The molecule has 1 saturated carbocycles. The Morgan fingerprint density at radius 3 is 2.00 bits per heavy atom. The number of halogens is 6. The number of hydrogen-bond donors (Lipinski definition) is 1. The van der Waals surface area contributed by atoms with Gasteiger partial charge in [0.2, 0.25) is 11.8 Å². The minimum atomic E-state index is -4.98. The van der Waals surface area contributed by atoms with Crippen molar-refractivity contribution in [1.82, 2.24) is 4.90 Å². The third-order valence-corrected chi connectivity index (χ3v) is 7.13. The molecular weight excluding hydrogens is 474 g/mol. The fraction of sp³-hybridized carbons (Fsp3) is 0.680. The predicted octanol–water partition coefficient (Wildman–Crippen LogP) is 6.90. The molecule has 2 atom stereocenters. The minimum absolute atomic E-state index is 0.0269. The number of hydrogen-bond acceptors (Lipinski definition) is 2. The number of nitrogens with one attached hydrogen (secondary N) is 1. The van der Waals surface area contributed by atoms with Crippen molar-refractivity contribution >= 4 is 17.5 Å². The second-order valence-corrected chi connectivity index (χ2v) is 9.98. The summed E-state index contributed by atoms with van der Waals surface area (Å²) in [4.78, 5) is 27.2. The predicted molar refractivity (Wildman–Crippen MR) is 119 cm³/mol. The Balaban J connectivity index is 1.54. The third-order valence-electron chi connectivity index (χ3n) is 7.13. The maximum Gasteiger partial charge on any atom is 0.416 e. The smallest absolute Gasteiger partial charge is 0.342 e. The molecule has 0 bridgehead atoms. The van der Waals surface area contributed by atoms with E-state index in [2.05, 4.69) is 12.2 Å². The third kappa shape index (κ3) is 7.87. The van der Waals surface area contributed by atoms with Crippen LogP contribution in [0.3, 0.4) is 0 Å². The summed E-state index contributed by atoms with van der Waals surface area (Å²) in [5.74, 6) is 0.0754. The number of nitrogens with zero attached hydrogens (tertiary/aromatic N) is 1. The van der Waals surface area contributed by atoms with Gasteiger partial charge in [-0.2, -0.15) is 26.3 Å². The molecule has 2 aliphatic rings. The molecule has 0 radical (unpaired) electrons. The van der Waals surface area contributed by atoms with Crippen LogP contribution >= 0.6 is 0 Å². The molecule has 196 valence electrons. The Morgan fingerprint density at radius 2 is 1.43 bits per heavy atom. The van der Waals surface area contributed by atoms with E-state index in [1.165, 1.54) is 6.42 Å². The molecule has 1 aliphatic heterocycles. The van der Waals surface area contributed by atoms with Gasteiger partial charge < -0.3 is 10.2 Å². The fourth-order valence-electron chi connectivity index (χ4n) is 5.02. The summed E-state index contributed by atoms with van der Waals surface area (Å²) in [5, 5.41) is 2.20. The van der Waals surface area contributed by atoms with Crippen molar-refractivity contribution in [1.29, 1.82) is 0 Å². The van der Waals surface area contributed by atoms with E-state index in [0.717, 1.165) is 32.1 Å². The molecule has 1 N–H and O–H groups in total. The molecule has 1 aromatic carbocycles. The number of carbonyl (C=O) groups is 2. The van der Waals surface area contributed by atoms with Gasteiger partial charge in [0.25, 0.3) is 0 Å². The minimum Gasteiger partial charge on any atom is -0.342 e. The number of alkyl halides is 6. The number of amides is 2. The van der Waals surface area contributed by atoms with E-state index in [0.29, 0.717) is 44.0 Å². The number of likely N-dealkylation sites (tertiary alicyclic amines) is 1. The maximum absolute atomic E-state index is 13.0. The first-order valence-corrected chi connectivity index (χ1v) is 12.2. The highest BCUT2D eigenvalue weighted by molar-refractivity contribution is 5.91. The van der Waals surface area contributed by atoms with Crippen LogP contribution in [0.15, 0.2) is 18.2 Å². The van der Waals surface area contributed by atoms with E-state index in [1.54, 1.807) is 0 Å². The van der Waals surface area contributed by atoms with Gasteiger partial charge in [0, 0.05) is 31.1 Å². The van der Waals surface area contributed by atoms with Crippen molar-refractivity contribution in [2.45, 2.75) is 77.1 Å². The van der Waals surface area contributed by atoms with Crippen LogP contribution in [0.2, 0.25) is 0 Å². The second-order valence-electron chi connectivity index (χ2n) is 9.98. The SMILES string of the molecule is CC1CCCC[C@H](C(=O)N2CCC(CC(=O)Nc3cc(C(F)(F)F)cc(C(F)(F)F)c3)CC2)CC1. The van der Waals surface area contributed by atoms with Gasteiger partial charge in [-0.05, 0) is 62.1 Å². The van der Waals surface area contributed by atoms with Gasteiger partial charge in [0.05, 0.1) is 11.1 Å². The van der Waals surface area contributed by atoms with Crippen LogP contribution in [0.4, 0.5) is 32.0 Å². The van der Waals surface area contributed by atoms with Gasteiger partial charge in [-0.1, -0.05) is 26.2 Å². The number of carbonyl (C=O) groups excluding carboxylic acids is 2. The van der Waals surface area contributed by atoms with E-state index >= 15 is 0 Å². The average Bonchev–Trinajstić information content (AvgIpc) is 2.75. The molecule has 35 heavy (non-hydrogen) atoms. The topological polar surface area (TPSA) is 49.4 Å². The summed E-state index contributed by atoms with van der Waals surface area (Å²) >= 11 is 0. The lowest BCUT2D eigenvalue weighted by Crippen LogP contribution is -2.42. The van der Waals surface area contributed by atoms with Crippen molar-refractivity contribution in [2.75, 3.05) is 18.4 Å². The van der Waals surface area contributed by atoms with Gasteiger partial charge >= 0.3 is 12.4 Å². The summed E-state index contributed by atoms with van der Waals surface area (Å²) < 4.78 is 78.2. The fourth-order valence-corrected chi connectivity index (χ4v) is 5.02. The number of rotatable bonds is 4. The number of anilines is 1. The molecule has 10 heteroatoms. The molecule has 1 aromatic rings. The summed E-state index contributed by atoms with van der Waals surface area (Å²) in [5.41, 5.74) is -3.49. The molecule has 1 unspecified atom stereocenters. The van der Waals surface area contributed by atoms with Crippen LogP contribution in [0.1, 0.15) is 75.8 Å². The first-order chi connectivity index (χ1) is 16.3. The molecule has 3 rings (SSSR count). The molecule has 0 aromatic heterocycles. The Labute approximate surface area is 201 Å². The summed E-state index contributed by atoms with van der Waals surface area (Å²) in [6.07, 6.45) is -2.64. The van der Waals surface area contributed by atoms with Crippen LogP contribution < -0.4 is 5.32 Å². The van der Waals surface area contributed by atoms with Crippen LogP contribution in [-0.4, -0.2) is 29.8 Å². The van der Waals surface area contributed by atoms with Gasteiger partial charge in [0.15, 0.2) is 0 Å². The number of benzene rings is 1. The van der Waals surface area contributed by atoms with E-state index < -0.39 is 35.1 Å². The van der Waals surface area contributed by atoms with Gasteiger partial charge in [0.1, 0.15) is 0 Å². The lowest BCUT2D eigenvalue weighted by Gasteiger charge is -2.35. The molecule has 1 aliphatic carbocycles. The highest BCUT2D eigenvalue weighted by Gasteiger charge is 2.37. The highest BCUT2D eigenvalue weighted by Crippen LogP contribution is 2.38. The second kappa shape index (κ2) is 11.2. The van der Waals surface area contributed by atoms with Crippen molar-refractivity contribution in [3.05, 3.63) is 29.3 Å². The Kier molecular flexibility index (Phi) is 8.75. The maximum atomic E-state index is 13.0. The standard InChI is InChI=1S/C25H32F6N2O2/c1-16-4-2-3-5-18(7-6-16)23(35)33-10-8-17(9-11-33)12-22(34)32-21-14-19(24(26,27)28)13-20(15-21)25(29,30)31/h13-18H,2-12H2,1H3,(H,32,34)/t16?,18-/m0/s1. The van der Waals surface area contributed by atoms with E-state index in [9.17, 15) is 35.9 Å². The van der Waals surface area contributed by atoms with Crippen LogP contribution in [-0.2, 0) is 21.9 Å². The highest BCUT2D eigenvalue weighted by atomic mass is 19.4. The molecule has 4 nitrogen and oxygen atoms in total. The summed E-state index contributed by atoms with van der Waals surface area (Å²) in [7, 11) is 0. The van der Waals surface area contributed by atoms with Crippen LogP contribution in [0.5, 0.6) is 0 Å². The van der Waals surface area contributed by atoms with Gasteiger partial charge in [-0.3, -0.25) is 9.59 Å². The van der Waals surface area contributed by atoms with Crippen LogP contribution in [0, 0.1) is 17.8 Å². The first-order valence-electron chi connectivity index (χ1n) is 12.2. The van der Waals surface area contributed by atoms with E-state index in [4.69, 9.17) is 0 Å². The Morgan fingerprint density at radius 1 is 0.857 bits per heavy atom. The van der Waals surface area contributed by atoms with Crippen molar-refractivity contribution in [3.8, 4) is 0 Å². The number of piperidine rings is 1. The van der Waals surface area contributed by atoms with Crippen molar-refractivity contribution in [3.63, 3.8) is 0 Å². The molecule has 1 saturated heterocycles. The monoisotopic (exact) mass is 506 g/mol. The largest absolute Gasteiger partial charge is 0.416 e. The van der Waals surface area contributed by atoms with E-state index in [-0.39, 0.29) is 30.2 Å². The summed E-state index contributed by atoms with van der Waals surface area (Å²) in [6, 6.07) is 1.04. The lowest BCUT2D eigenvalue weighted by molar-refractivity contribution is -0.143. The zero-order valence-electron chi connectivity index (χ0n) is 19.8. The zero-order chi connectivity index (χ0) is 25.8. The Hall–Kier alpha value is -2.26. The zero-order valence-corrected chi connectivity index (χ0v) is 19.8. The van der Waals surface area contributed by atoms with Crippen LogP contribution in [0.25, 0.3) is 0 Å². The Bertz CT molecular complexity index is 859. The van der Waals surface area contributed by atoms with Gasteiger partial charge in [-0.25, -0.2) is 0 Å². The van der Waals surface area contributed by atoms with Crippen molar-refractivity contribution < 1.29 is 35.9 Å². The van der Waals surface area contributed by atoms with Crippen molar-refractivity contribution in [2.24, 2.45) is 17.8 Å². The molecule has 1 heterocycles. The van der Waals surface area contributed by atoms with Gasteiger partial charge in [-0.15, -0.1) is 0 Å². The van der Waals surface area contributed by atoms with E-state index in [1.807, 2.05) is 4.90 Å². The quantitative estimate of drug-likeness (QED) is 0.452. The molecule has 2 amide bonds. The molecule has 2 fully saturated rings. The average molecular weight is 507 g/mol.